The lowest BCUT2D eigenvalue weighted by atomic mass is 10.0. The smallest absolute Gasteiger partial charge is 0.159 e. The molecule has 0 radical (unpaired) electrons. The Morgan fingerprint density at radius 2 is 1.59 bits per heavy atom. The van der Waals surface area contributed by atoms with Crippen molar-refractivity contribution < 1.29 is 9.53 Å². The van der Waals surface area contributed by atoms with Crippen LogP contribution < -0.4 is 0 Å². The Balaban J connectivity index is 1.60. The van der Waals surface area contributed by atoms with Crippen LogP contribution in [0.3, 0.4) is 0 Å². The van der Waals surface area contributed by atoms with E-state index in [1.165, 1.54) is 0 Å². The number of benzene rings is 2. The van der Waals surface area contributed by atoms with Gasteiger partial charge in [0.15, 0.2) is 5.78 Å². The van der Waals surface area contributed by atoms with E-state index in [0.717, 1.165) is 72.1 Å². The van der Waals surface area contributed by atoms with Gasteiger partial charge in [0.05, 0.1) is 24.6 Å². The zero-order valence-electron chi connectivity index (χ0n) is 17.9. The third-order valence-electron chi connectivity index (χ3n) is 5.94. The fourth-order valence-corrected chi connectivity index (χ4v) is 4.25. The van der Waals surface area contributed by atoms with E-state index < -0.39 is 0 Å². The van der Waals surface area contributed by atoms with E-state index in [2.05, 4.69) is 27.6 Å². The zero-order valence-corrected chi connectivity index (χ0v) is 18.7. The standard InChI is InChI=1S/C26H24ClN3O2/c1-18(31)19-2-4-20(5-3-19)22-8-11-25-28-26(21-6-9-23(27)10-7-21)24(30(25)16-22)17-29-12-14-32-15-13-29/h2-11,16H,12-15,17H2,1H3. The highest BCUT2D eigenvalue weighted by atomic mass is 35.5. The topological polar surface area (TPSA) is 46.8 Å². The van der Waals surface area contributed by atoms with Crippen molar-refractivity contribution in [2.75, 3.05) is 26.3 Å². The first kappa shape index (κ1) is 20.9. The van der Waals surface area contributed by atoms with Gasteiger partial charge in [-0.15, -0.1) is 0 Å². The van der Waals surface area contributed by atoms with Crippen molar-refractivity contribution >= 4 is 23.0 Å². The Morgan fingerprint density at radius 3 is 2.28 bits per heavy atom. The number of carbonyl (C=O) groups is 1. The van der Waals surface area contributed by atoms with Crippen LogP contribution in [0.4, 0.5) is 0 Å². The summed E-state index contributed by atoms with van der Waals surface area (Å²) in [5, 5.41) is 0.712. The third kappa shape index (κ3) is 4.19. The zero-order chi connectivity index (χ0) is 22.1. The van der Waals surface area contributed by atoms with E-state index in [1.54, 1.807) is 6.92 Å². The van der Waals surface area contributed by atoms with Crippen molar-refractivity contribution in [1.29, 1.82) is 0 Å². The average Bonchev–Trinajstić information content (AvgIpc) is 3.18. The number of hydrogen-bond acceptors (Lipinski definition) is 4. The first-order valence-electron chi connectivity index (χ1n) is 10.8. The molecule has 0 atom stereocenters. The second-order valence-electron chi connectivity index (χ2n) is 8.08. The highest BCUT2D eigenvalue weighted by Gasteiger charge is 2.19. The lowest BCUT2D eigenvalue weighted by Gasteiger charge is -2.26. The summed E-state index contributed by atoms with van der Waals surface area (Å²) in [4.78, 5) is 19.0. The molecule has 4 aromatic rings. The molecule has 1 fully saturated rings. The monoisotopic (exact) mass is 445 g/mol. The molecule has 0 amide bonds. The summed E-state index contributed by atoms with van der Waals surface area (Å²) in [7, 11) is 0. The molecule has 0 unspecified atom stereocenters. The summed E-state index contributed by atoms with van der Waals surface area (Å²) in [5.41, 5.74) is 6.93. The minimum Gasteiger partial charge on any atom is -0.379 e. The Labute approximate surface area is 192 Å². The highest BCUT2D eigenvalue weighted by molar-refractivity contribution is 6.30. The van der Waals surface area contributed by atoms with Crippen molar-refractivity contribution in [3.63, 3.8) is 0 Å². The molecule has 5 nitrogen and oxygen atoms in total. The Bertz CT molecular complexity index is 1260. The van der Waals surface area contributed by atoms with Crippen molar-refractivity contribution in [3.8, 4) is 22.4 Å². The van der Waals surface area contributed by atoms with Crippen LogP contribution in [0.5, 0.6) is 0 Å². The van der Waals surface area contributed by atoms with Gasteiger partial charge in [-0.25, -0.2) is 4.98 Å². The molecule has 6 heteroatoms. The van der Waals surface area contributed by atoms with Crippen LogP contribution in [0.15, 0.2) is 66.9 Å². The predicted molar refractivity (Wildman–Crippen MR) is 127 cm³/mol. The molecule has 32 heavy (non-hydrogen) atoms. The maximum Gasteiger partial charge on any atom is 0.159 e. The van der Waals surface area contributed by atoms with Crippen LogP contribution >= 0.6 is 11.6 Å². The van der Waals surface area contributed by atoms with Gasteiger partial charge in [-0.2, -0.15) is 0 Å². The number of nitrogens with zero attached hydrogens (tertiary/aromatic N) is 3. The lowest BCUT2D eigenvalue weighted by Crippen LogP contribution is -2.36. The second-order valence-corrected chi connectivity index (χ2v) is 8.52. The van der Waals surface area contributed by atoms with E-state index in [9.17, 15) is 4.79 Å². The summed E-state index contributed by atoms with van der Waals surface area (Å²) < 4.78 is 7.72. The van der Waals surface area contributed by atoms with Crippen LogP contribution in [0, 0.1) is 0 Å². The van der Waals surface area contributed by atoms with Gasteiger partial charge in [0, 0.05) is 42.0 Å². The number of pyridine rings is 1. The number of aromatic nitrogens is 2. The predicted octanol–water partition coefficient (Wildman–Crippen LogP) is 5.36. The molecule has 5 rings (SSSR count). The third-order valence-corrected chi connectivity index (χ3v) is 6.19. The number of rotatable bonds is 5. The van der Waals surface area contributed by atoms with Crippen LogP contribution in [0.2, 0.25) is 5.02 Å². The van der Waals surface area contributed by atoms with Crippen molar-refractivity contribution in [2.24, 2.45) is 0 Å². The number of imidazole rings is 1. The highest BCUT2D eigenvalue weighted by Crippen LogP contribution is 2.29. The molecule has 3 heterocycles. The van der Waals surface area contributed by atoms with Gasteiger partial charge in [-0.3, -0.25) is 9.69 Å². The lowest BCUT2D eigenvalue weighted by molar-refractivity contribution is 0.0336. The average molecular weight is 446 g/mol. The largest absolute Gasteiger partial charge is 0.379 e. The van der Waals surface area contributed by atoms with Crippen molar-refractivity contribution in [2.45, 2.75) is 13.5 Å². The molecule has 0 bridgehead atoms. The minimum atomic E-state index is 0.0713. The quantitative estimate of drug-likeness (QED) is 0.388. The van der Waals surface area contributed by atoms with Gasteiger partial charge in [-0.05, 0) is 42.3 Å². The summed E-state index contributed by atoms with van der Waals surface area (Å²) in [6.07, 6.45) is 2.14. The van der Waals surface area contributed by atoms with Crippen molar-refractivity contribution in [1.82, 2.24) is 14.3 Å². The number of ketones is 1. The fourth-order valence-electron chi connectivity index (χ4n) is 4.12. The van der Waals surface area contributed by atoms with Crippen LogP contribution in [0.25, 0.3) is 28.0 Å². The Morgan fingerprint density at radius 1 is 0.938 bits per heavy atom. The Kier molecular flexibility index (Phi) is 5.79. The number of carbonyl (C=O) groups excluding carboxylic acids is 1. The second kappa shape index (κ2) is 8.87. The maximum atomic E-state index is 11.6. The number of morpholine rings is 1. The first-order chi connectivity index (χ1) is 15.6. The number of ether oxygens (including phenoxy) is 1. The number of Topliss-reactive ketones (excluding diaryl/α,β-unsaturated/α-hetero) is 1. The van der Waals surface area contributed by atoms with E-state index in [4.69, 9.17) is 21.3 Å². The minimum absolute atomic E-state index is 0.0713. The molecule has 2 aromatic heterocycles. The molecule has 1 aliphatic heterocycles. The van der Waals surface area contributed by atoms with Gasteiger partial charge in [0.2, 0.25) is 0 Å². The Hall–Kier alpha value is -2.99. The van der Waals surface area contributed by atoms with Gasteiger partial charge in [0.1, 0.15) is 5.65 Å². The molecule has 0 N–H and O–H groups in total. The number of halogens is 1. The molecule has 2 aromatic carbocycles. The van der Waals surface area contributed by atoms with Crippen LogP contribution in [-0.4, -0.2) is 46.4 Å². The van der Waals surface area contributed by atoms with Crippen LogP contribution in [0.1, 0.15) is 23.0 Å². The fraction of sp³-hybridized carbons (Fsp3) is 0.231. The summed E-state index contributed by atoms with van der Waals surface area (Å²) in [5.74, 6) is 0.0713. The van der Waals surface area contributed by atoms with Gasteiger partial charge in [-0.1, -0.05) is 48.0 Å². The van der Waals surface area contributed by atoms with Gasteiger partial charge < -0.3 is 9.14 Å². The summed E-state index contributed by atoms with van der Waals surface area (Å²) in [6, 6.07) is 19.7. The number of hydrogen-bond donors (Lipinski definition) is 0. The van der Waals surface area contributed by atoms with E-state index >= 15 is 0 Å². The summed E-state index contributed by atoms with van der Waals surface area (Å²) in [6.45, 7) is 5.68. The van der Waals surface area contributed by atoms with E-state index in [0.29, 0.717) is 5.02 Å². The van der Waals surface area contributed by atoms with Crippen LogP contribution in [-0.2, 0) is 11.3 Å². The molecular formula is C26H24ClN3O2. The maximum absolute atomic E-state index is 11.6. The molecule has 0 spiro atoms. The SMILES string of the molecule is CC(=O)c1ccc(-c2ccc3nc(-c4ccc(Cl)cc4)c(CN4CCOCC4)n3c2)cc1. The normalized spacial score (nSPS) is 14.7. The molecule has 162 valence electrons. The van der Waals surface area contributed by atoms with E-state index in [1.807, 2.05) is 48.5 Å². The van der Waals surface area contributed by atoms with Gasteiger partial charge >= 0.3 is 0 Å². The van der Waals surface area contributed by atoms with Crippen molar-refractivity contribution in [3.05, 3.63) is 83.1 Å². The molecular weight excluding hydrogens is 422 g/mol. The first-order valence-corrected chi connectivity index (χ1v) is 11.1. The number of fused-ring (bicyclic) bond motifs is 1. The molecule has 1 saturated heterocycles. The molecule has 1 aliphatic rings. The molecule has 0 saturated carbocycles. The van der Waals surface area contributed by atoms with Gasteiger partial charge in [0.25, 0.3) is 0 Å². The summed E-state index contributed by atoms with van der Waals surface area (Å²) >= 11 is 6.12. The molecule has 0 aliphatic carbocycles. The van der Waals surface area contributed by atoms with E-state index in [-0.39, 0.29) is 5.78 Å².